The van der Waals surface area contributed by atoms with Gasteiger partial charge in [0.2, 0.25) is 0 Å². The third-order valence-electron chi connectivity index (χ3n) is 3.78. The maximum atomic E-state index is 12.4. The molecule has 0 saturated heterocycles. The van der Waals surface area contributed by atoms with E-state index in [9.17, 15) is 8.42 Å². The van der Waals surface area contributed by atoms with Crippen LogP contribution in [0, 0.1) is 12.8 Å². The highest BCUT2D eigenvalue weighted by molar-refractivity contribution is 7.86. The lowest BCUT2D eigenvalue weighted by molar-refractivity contribution is 0.162. The summed E-state index contributed by atoms with van der Waals surface area (Å²) >= 11 is 0. The summed E-state index contributed by atoms with van der Waals surface area (Å²) in [6, 6.07) is 16.6. The van der Waals surface area contributed by atoms with Crippen molar-refractivity contribution in [3.8, 4) is 0 Å². The summed E-state index contributed by atoms with van der Waals surface area (Å²) in [6.07, 6.45) is 4.09. The van der Waals surface area contributed by atoms with Gasteiger partial charge in [0.1, 0.15) is 0 Å². The van der Waals surface area contributed by atoms with Gasteiger partial charge < -0.3 is 0 Å². The summed E-state index contributed by atoms with van der Waals surface area (Å²) in [6.45, 7) is 5.85. The molecule has 1 atom stereocenters. The van der Waals surface area contributed by atoms with Crippen molar-refractivity contribution >= 4 is 16.2 Å². The molecule has 0 spiro atoms. The highest BCUT2D eigenvalue weighted by Gasteiger charge is 2.23. The van der Waals surface area contributed by atoms with Gasteiger partial charge in [0, 0.05) is 0 Å². The van der Waals surface area contributed by atoms with Crippen LogP contribution in [0.15, 0.2) is 65.6 Å². The van der Waals surface area contributed by atoms with Gasteiger partial charge in [0.15, 0.2) is 0 Å². The Bertz CT molecular complexity index is 760. The average molecular weight is 344 g/mol. The van der Waals surface area contributed by atoms with Crippen LogP contribution in [0.3, 0.4) is 0 Å². The van der Waals surface area contributed by atoms with Gasteiger partial charge in [-0.2, -0.15) is 8.42 Å². The molecule has 0 N–H and O–H groups in total. The van der Waals surface area contributed by atoms with E-state index in [2.05, 4.69) is 0 Å². The summed E-state index contributed by atoms with van der Waals surface area (Å²) in [4.78, 5) is 0.200. The second-order valence-electron chi connectivity index (χ2n) is 6.19. The van der Waals surface area contributed by atoms with Gasteiger partial charge in [0.25, 0.3) is 10.1 Å². The quantitative estimate of drug-likeness (QED) is 0.676. The first kappa shape index (κ1) is 18.4. The Kier molecular flexibility index (Phi) is 6.35. The minimum atomic E-state index is -3.75. The van der Waals surface area contributed by atoms with Crippen LogP contribution >= 0.6 is 0 Å². The van der Waals surface area contributed by atoms with Crippen molar-refractivity contribution in [2.24, 2.45) is 5.92 Å². The summed E-state index contributed by atoms with van der Waals surface area (Å²) in [5.41, 5.74) is 2.10. The topological polar surface area (TPSA) is 43.4 Å². The maximum absolute atomic E-state index is 12.4. The highest BCUT2D eigenvalue weighted by atomic mass is 32.2. The lowest BCUT2D eigenvalue weighted by atomic mass is 10.0. The second kappa shape index (κ2) is 8.27. The van der Waals surface area contributed by atoms with Gasteiger partial charge in [-0.05, 0) is 37.0 Å². The molecule has 0 aromatic heterocycles. The molecule has 0 bridgehead atoms. The van der Waals surface area contributed by atoms with Crippen molar-refractivity contribution in [3.05, 3.63) is 71.8 Å². The van der Waals surface area contributed by atoms with Crippen molar-refractivity contribution in [1.29, 1.82) is 0 Å². The van der Waals surface area contributed by atoms with Crippen LogP contribution in [0.2, 0.25) is 0 Å². The molecular weight excluding hydrogens is 320 g/mol. The zero-order chi connectivity index (χ0) is 17.6. The molecule has 2 aromatic rings. The predicted octanol–water partition coefficient (Wildman–Crippen LogP) is 4.83. The third-order valence-corrected chi connectivity index (χ3v) is 5.13. The highest BCUT2D eigenvalue weighted by Crippen LogP contribution is 2.21. The molecular formula is C20H24O3S. The Labute approximate surface area is 145 Å². The predicted molar refractivity (Wildman–Crippen MR) is 98.2 cm³/mol. The minimum absolute atomic E-state index is 0.0886. The molecule has 0 fully saturated rings. The molecule has 3 nitrogen and oxygen atoms in total. The van der Waals surface area contributed by atoms with E-state index in [1.165, 1.54) is 0 Å². The molecule has 0 unspecified atom stereocenters. The van der Waals surface area contributed by atoms with Crippen LogP contribution in [-0.4, -0.2) is 14.5 Å². The summed E-state index contributed by atoms with van der Waals surface area (Å²) in [7, 11) is -3.75. The van der Waals surface area contributed by atoms with Crippen molar-refractivity contribution < 1.29 is 12.6 Å². The monoisotopic (exact) mass is 344 g/mol. The number of benzene rings is 2. The largest absolute Gasteiger partial charge is 0.297 e. The first-order chi connectivity index (χ1) is 11.4. The van der Waals surface area contributed by atoms with E-state index >= 15 is 0 Å². The first-order valence-electron chi connectivity index (χ1n) is 8.10. The van der Waals surface area contributed by atoms with Crippen LogP contribution in [0.4, 0.5) is 0 Å². The van der Waals surface area contributed by atoms with Crippen molar-refractivity contribution in [1.82, 2.24) is 0 Å². The molecule has 0 aliphatic rings. The summed E-state index contributed by atoms with van der Waals surface area (Å²) < 4.78 is 30.4. The van der Waals surface area contributed by atoms with Gasteiger partial charge >= 0.3 is 0 Å². The molecule has 0 amide bonds. The van der Waals surface area contributed by atoms with E-state index in [4.69, 9.17) is 4.18 Å². The van der Waals surface area contributed by atoms with Crippen molar-refractivity contribution in [2.45, 2.75) is 38.2 Å². The van der Waals surface area contributed by atoms with Crippen LogP contribution in [0.1, 0.15) is 31.4 Å². The van der Waals surface area contributed by atoms with Gasteiger partial charge in [0.05, 0.1) is 11.0 Å². The first-order valence-corrected chi connectivity index (χ1v) is 9.51. The van der Waals surface area contributed by atoms with Crippen LogP contribution in [0.5, 0.6) is 0 Å². The van der Waals surface area contributed by atoms with Crippen molar-refractivity contribution in [3.63, 3.8) is 0 Å². The normalized spacial score (nSPS) is 13.5. The fraction of sp³-hybridized carbons (Fsp3) is 0.300. The molecule has 4 heteroatoms. The van der Waals surface area contributed by atoms with E-state index in [1.54, 1.807) is 24.3 Å². The average Bonchev–Trinajstić information content (AvgIpc) is 2.55. The Balaban J connectivity index is 2.07. The van der Waals surface area contributed by atoms with Crippen LogP contribution in [-0.2, 0) is 14.3 Å². The molecule has 0 aliphatic heterocycles. The lowest BCUT2D eigenvalue weighted by Crippen LogP contribution is -2.23. The fourth-order valence-corrected chi connectivity index (χ4v) is 3.45. The van der Waals surface area contributed by atoms with Gasteiger partial charge in [-0.25, -0.2) is 0 Å². The summed E-state index contributed by atoms with van der Waals surface area (Å²) in [5.74, 6) is 0.0886. The molecule has 2 rings (SSSR count). The zero-order valence-corrected chi connectivity index (χ0v) is 15.2. The minimum Gasteiger partial charge on any atom is -0.262 e. The molecule has 2 aromatic carbocycles. The number of hydrogen-bond acceptors (Lipinski definition) is 3. The second-order valence-corrected chi connectivity index (χ2v) is 7.77. The molecule has 0 saturated carbocycles. The zero-order valence-electron chi connectivity index (χ0n) is 14.3. The Morgan fingerprint density at radius 2 is 1.62 bits per heavy atom. The molecule has 0 radical (unpaired) electrons. The van der Waals surface area contributed by atoms with E-state index in [0.717, 1.165) is 11.1 Å². The standard InChI is InChI=1S/C20H24O3S/c1-16(2)20(11-7-10-18-8-5-4-6-9-18)23-24(21,22)19-14-12-17(3)13-15-19/h4-10,12-16,20H,11H2,1-3H3/b10-7+/t20-/m1/s1. The third kappa shape index (κ3) is 5.32. The van der Waals surface area contributed by atoms with Gasteiger partial charge in [-0.3, -0.25) is 4.18 Å². The van der Waals surface area contributed by atoms with Gasteiger partial charge in [-0.1, -0.05) is 74.0 Å². The number of rotatable bonds is 7. The van der Waals surface area contributed by atoms with Crippen LogP contribution < -0.4 is 0 Å². The van der Waals surface area contributed by atoms with E-state index in [1.807, 2.05) is 63.3 Å². The Morgan fingerprint density at radius 3 is 2.21 bits per heavy atom. The molecule has 128 valence electrons. The lowest BCUT2D eigenvalue weighted by Gasteiger charge is -2.19. The smallest absolute Gasteiger partial charge is 0.262 e. The van der Waals surface area contributed by atoms with Crippen molar-refractivity contribution in [2.75, 3.05) is 0 Å². The van der Waals surface area contributed by atoms with Gasteiger partial charge in [-0.15, -0.1) is 0 Å². The molecule has 24 heavy (non-hydrogen) atoms. The van der Waals surface area contributed by atoms with E-state index in [-0.39, 0.29) is 10.8 Å². The Hall–Kier alpha value is -1.91. The number of aryl methyl sites for hydroxylation is 1. The van der Waals surface area contributed by atoms with E-state index in [0.29, 0.717) is 6.42 Å². The molecule has 0 aliphatic carbocycles. The molecule has 0 heterocycles. The fourth-order valence-electron chi connectivity index (χ4n) is 2.25. The summed E-state index contributed by atoms with van der Waals surface area (Å²) in [5, 5.41) is 0. The Morgan fingerprint density at radius 1 is 1.00 bits per heavy atom. The SMILES string of the molecule is Cc1ccc(S(=O)(=O)O[C@H](C/C=C/c2ccccc2)C(C)C)cc1. The maximum Gasteiger partial charge on any atom is 0.297 e. The van der Waals surface area contributed by atoms with E-state index < -0.39 is 16.2 Å². The number of hydrogen-bond donors (Lipinski definition) is 0. The van der Waals surface area contributed by atoms with Crippen LogP contribution in [0.25, 0.3) is 6.08 Å².